The second kappa shape index (κ2) is 12.5. The van der Waals surface area contributed by atoms with E-state index >= 15 is 0 Å². The smallest absolute Gasteiger partial charge is 0.328 e. The van der Waals surface area contributed by atoms with Crippen LogP contribution in [-0.4, -0.2) is 52.2 Å². The van der Waals surface area contributed by atoms with Gasteiger partial charge in [0.05, 0.1) is 24.4 Å². The van der Waals surface area contributed by atoms with Gasteiger partial charge in [0, 0.05) is 6.92 Å². The SMILES string of the molecule is CCOC(=O)[C@@H]1CC[C@@H](c2ccccc2C)N1C(=O)CNC(=O)[C@H](Cc1ccccc1)SC(C)=O. The van der Waals surface area contributed by atoms with Crippen molar-refractivity contribution >= 4 is 34.7 Å². The van der Waals surface area contributed by atoms with Crippen molar-refractivity contribution < 1.29 is 23.9 Å². The number of likely N-dealkylation sites (tertiary alicyclic amines) is 1. The number of rotatable bonds is 9. The summed E-state index contributed by atoms with van der Waals surface area (Å²) in [5.41, 5.74) is 2.94. The van der Waals surface area contributed by atoms with Gasteiger partial charge in [0.2, 0.25) is 11.8 Å². The molecule has 186 valence electrons. The summed E-state index contributed by atoms with van der Waals surface area (Å²) in [5, 5.41) is 1.88. The molecule has 8 heteroatoms. The molecule has 2 aromatic rings. The molecule has 1 aliphatic rings. The Labute approximate surface area is 210 Å². The van der Waals surface area contributed by atoms with Crippen LogP contribution in [-0.2, 0) is 30.3 Å². The average molecular weight is 497 g/mol. The molecule has 2 amide bonds. The second-order valence-electron chi connectivity index (χ2n) is 8.52. The third-order valence-electron chi connectivity index (χ3n) is 6.06. The van der Waals surface area contributed by atoms with Gasteiger partial charge in [-0.25, -0.2) is 4.79 Å². The highest BCUT2D eigenvalue weighted by Crippen LogP contribution is 2.38. The van der Waals surface area contributed by atoms with Crippen LogP contribution in [0.4, 0.5) is 0 Å². The number of carbonyl (C=O) groups is 4. The van der Waals surface area contributed by atoms with E-state index in [2.05, 4.69) is 5.32 Å². The molecule has 7 nitrogen and oxygen atoms in total. The van der Waals surface area contributed by atoms with E-state index in [-0.39, 0.29) is 36.1 Å². The van der Waals surface area contributed by atoms with Crippen molar-refractivity contribution in [3.05, 3.63) is 71.3 Å². The number of ether oxygens (including phenoxy) is 1. The van der Waals surface area contributed by atoms with E-state index in [1.54, 1.807) is 11.8 Å². The molecule has 1 saturated heterocycles. The molecule has 2 aromatic carbocycles. The molecular formula is C27H32N2O5S. The summed E-state index contributed by atoms with van der Waals surface area (Å²) in [6, 6.07) is 16.2. The molecule has 1 heterocycles. The van der Waals surface area contributed by atoms with Gasteiger partial charge in [0.25, 0.3) is 0 Å². The Bertz CT molecular complexity index is 1060. The standard InChI is InChI=1S/C27H32N2O5S/c1-4-34-27(33)23-15-14-22(21-13-9-8-10-18(21)2)29(23)25(31)17-28-26(32)24(35-19(3)30)16-20-11-6-5-7-12-20/h5-13,22-24H,4,14-17H2,1-3H3,(H,28,32)/t22-,23-,24-/m0/s1. The number of amides is 2. The molecule has 0 aromatic heterocycles. The zero-order valence-electron chi connectivity index (χ0n) is 20.4. The molecule has 0 radical (unpaired) electrons. The minimum atomic E-state index is -0.698. The molecule has 0 saturated carbocycles. The van der Waals surface area contributed by atoms with Gasteiger partial charge in [-0.1, -0.05) is 66.4 Å². The van der Waals surface area contributed by atoms with E-state index in [1.807, 2.05) is 61.5 Å². The summed E-state index contributed by atoms with van der Waals surface area (Å²) < 4.78 is 5.23. The van der Waals surface area contributed by atoms with Gasteiger partial charge in [-0.3, -0.25) is 14.4 Å². The monoisotopic (exact) mass is 496 g/mol. The molecule has 3 atom stereocenters. The summed E-state index contributed by atoms with van der Waals surface area (Å²) in [6.07, 6.45) is 1.49. The van der Waals surface area contributed by atoms with Gasteiger partial charge in [0.1, 0.15) is 6.04 Å². The lowest BCUT2D eigenvalue weighted by atomic mass is 9.99. The van der Waals surface area contributed by atoms with Crippen molar-refractivity contribution in [2.45, 2.75) is 57.4 Å². The van der Waals surface area contributed by atoms with Gasteiger partial charge in [-0.05, 0) is 49.8 Å². The molecular weight excluding hydrogens is 464 g/mol. The van der Waals surface area contributed by atoms with E-state index in [1.165, 1.54) is 6.92 Å². The van der Waals surface area contributed by atoms with Crippen LogP contribution in [0.25, 0.3) is 0 Å². The Balaban J connectivity index is 1.75. The van der Waals surface area contributed by atoms with E-state index in [0.717, 1.165) is 28.5 Å². The predicted molar refractivity (Wildman–Crippen MR) is 136 cm³/mol. The topological polar surface area (TPSA) is 92.8 Å². The fourth-order valence-electron chi connectivity index (χ4n) is 4.48. The van der Waals surface area contributed by atoms with Gasteiger partial charge in [-0.15, -0.1) is 0 Å². The first kappa shape index (κ1) is 26.5. The van der Waals surface area contributed by atoms with Crippen molar-refractivity contribution in [1.82, 2.24) is 10.2 Å². The largest absolute Gasteiger partial charge is 0.464 e. The van der Waals surface area contributed by atoms with Gasteiger partial charge < -0.3 is 15.0 Å². The van der Waals surface area contributed by atoms with Crippen LogP contribution in [0.2, 0.25) is 0 Å². The van der Waals surface area contributed by atoms with Crippen LogP contribution in [0.3, 0.4) is 0 Å². The molecule has 35 heavy (non-hydrogen) atoms. The average Bonchev–Trinajstić information content (AvgIpc) is 3.28. The zero-order valence-corrected chi connectivity index (χ0v) is 21.2. The molecule has 1 aliphatic heterocycles. The lowest BCUT2D eigenvalue weighted by Gasteiger charge is -2.30. The highest BCUT2D eigenvalue weighted by atomic mass is 32.2. The van der Waals surface area contributed by atoms with Crippen LogP contribution < -0.4 is 5.32 Å². The maximum absolute atomic E-state index is 13.4. The normalized spacial score (nSPS) is 18.1. The Hall–Kier alpha value is -3.13. The summed E-state index contributed by atoms with van der Waals surface area (Å²) >= 11 is 0.948. The maximum atomic E-state index is 13.4. The Kier molecular flexibility index (Phi) is 9.48. The lowest BCUT2D eigenvalue weighted by molar-refractivity contribution is -0.154. The van der Waals surface area contributed by atoms with Crippen LogP contribution in [0.1, 0.15) is 49.4 Å². The quantitative estimate of drug-likeness (QED) is 0.534. The maximum Gasteiger partial charge on any atom is 0.328 e. The molecule has 3 rings (SSSR count). The number of hydrogen-bond donors (Lipinski definition) is 1. The molecule has 1 fully saturated rings. The van der Waals surface area contributed by atoms with Crippen molar-refractivity contribution in [1.29, 1.82) is 0 Å². The zero-order chi connectivity index (χ0) is 25.4. The molecule has 0 unspecified atom stereocenters. The number of esters is 1. The first-order chi connectivity index (χ1) is 16.8. The van der Waals surface area contributed by atoms with Crippen LogP contribution in [0.5, 0.6) is 0 Å². The highest BCUT2D eigenvalue weighted by molar-refractivity contribution is 8.14. The minimum absolute atomic E-state index is 0.172. The van der Waals surface area contributed by atoms with E-state index < -0.39 is 17.3 Å². The number of nitrogens with one attached hydrogen (secondary N) is 1. The lowest BCUT2D eigenvalue weighted by Crippen LogP contribution is -2.48. The van der Waals surface area contributed by atoms with Gasteiger partial charge in [0.15, 0.2) is 5.12 Å². The Morgan fingerprint density at radius 2 is 1.74 bits per heavy atom. The molecule has 1 N–H and O–H groups in total. The predicted octanol–water partition coefficient (Wildman–Crippen LogP) is 3.60. The van der Waals surface area contributed by atoms with Crippen molar-refractivity contribution in [3.63, 3.8) is 0 Å². The Morgan fingerprint density at radius 1 is 1.06 bits per heavy atom. The summed E-state index contributed by atoms with van der Waals surface area (Å²) in [6.45, 7) is 5.09. The third kappa shape index (κ3) is 6.94. The number of nitrogens with zero attached hydrogens (tertiary/aromatic N) is 1. The number of benzene rings is 2. The number of carbonyl (C=O) groups excluding carboxylic acids is 4. The Morgan fingerprint density at radius 3 is 2.40 bits per heavy atom. The summed E-state index contributed by atoms with van der Waals surface area (Å²) in [4.78, 5) is 52.3. The first-order valence-corrected chi connectivity index (χ1v) is 12.7. The number of thioether (sulfide) groups is 1. The molecule has 0 spiro atoms. The number of aryl methyl sites for hydroxylation is 1. The van der Waals surface area contributed by atoms with Crippen molar-refractivity contribution in [2.75, 3.05) is 13.2 Å². The van der Waals surface area contributed by atoms with Crippen molar-refractivity contribution in [3.8, 4) is 0 Å². The van der Waals surface area contributed by atoms with Crippen molar-refractivity contribution in [2.24, 2.45) is 0 Å². The van der Waals surface area contributed by atoms with E-state index in [4.69, 9.17) is 4.74 Å². The summed E-state index contributed by atoms with van der Waals surface area (Å²) in [7, 11) is 0. The fraction of sp³-hybridized carbons (Fsp3) is 0.407. The van der Waals surface area contributed by atoms with E-state index in [9.17, 15) is 19.2 Å². The second-order valence-corrected chi connectivity index (χ2v) is 9.90. The van der Waals surface area contributed by atoms with Gasteiger partial charge in [-0.2, -0.15) is 0 Å². The first-order valence-electron chi connectivity index (χ1n) is 11.8. The molecule has 0 aliphatic carbocycles. The fourth-order valence-corrected chi connectivity index (χ4v) is 5.35. The third-order valence-corrected chi connectivity index (χ3v) is 7.05. The van der Waals surface area contributed by atoms with Gasteiger partial charge >= 0.3 is 5.97 Å². The number of hydrogen-bond acceptors (Lipinski definition) is 6. The van der Waals surface area contributed by atoms with E-state index in [0.29, 0.717) is 19.3 Å². The van der Waals surface area contributed by atoms with Crippen LogP contribution >= 0.6 is 11.8 Å². The van der Waals surface area contributed by atoms with Crippen LogP contribution in [0.15, 0.2) is 54.6 Å². The minimum Gasteiger partial charge on any atom is -0.464 e. The molecule has 0 bridgehead atoms. The summed E-state index contributed by atoms with van der Waals surface area (Å²) in [5.74, 6) is -1.17. The van der Waals surface area contributed by atoms with Crippen LogP contribution in [0, 0.1) is 6.92 Å². The highest BCUT2D eigenvalue weighted by Gasteiger charge is 2.42.